The molecule has 1 aromatic carbocycles. The molecule has 0 fully saturated rings. The second-order valence-electron chi connectivity index (χ2n) is 3.05. The normalized spacial score (nSPS) is 10.5. The number of allylic oxidation sites excluding steroid dienone is 3. The van der Waals surface area contributed by atoms with Gasteiger partial charge in [-0.25, -0.2) is 0 Å². The highest BCUT2D eigenvalue weighted by atomic mass is 16.2. The lowest BCUT2D eigenvalue weighted by atomic mass is 10.3. The van der Waals surface area contributed by atoms with Crippen LogP contribution in [0.3, 0.4) is 0 Å². The minimum atomic E-state index is -0.0761. The van der Waals surface area contributed by atoms with Crippen LogP contribution >= 0.6 is 0 Å². The van der Waals surface area contributed by atoms with E-state index in [-0.39, 0.29) is 5.91 Å². The van der Waals surface area contributed by atoms with E-state index in [1.54, 1.807) is 18.4 Å². The summed E-state index contributed by atoms with van der Waals surface area (Å²) in [6.45, 7) is 1.49. The van der Waals surface area contributed by atoms with Gasteiger partial charge in [-0.3, -0.25) is 9.69 Å². The number of benzene rings is 1. The first-order valence-electron chi connectivity index (χ1n) is 4.83. The second kappa shape index (κ2) is 6.20. The maximum atomic E-state index is 11.4. The van der Waals surface area contributed by atoms with Crippen LogP contribution in [0.5, 0.6) is 0 Å². The molecule has 0 aliphatic carbocycles. The quantitative estimate of drug-likeness (QED) is 0.571. The standard InChI is InChI=1S/C13H12N2O/c1-12(16)15(11-7-3-6-10-14)13-8-4-2-5-9-13/h2-9,11H,1H3/b6-3-,11-7+. The molecule has 0 N–H and O–H groups in total. The van der Waals surface area contributed by atoms with Crippen molar-refractivity contribution in [3.05, 3.63) is 54.8 Å². The molecule has 0 atom stereocenters. The highest BCUT2D eigenvalue weighted by Gasteiger charge is 2.05. The van der Waals surface area contributed by atoms with E-state index in [0.29, 0.717) is 0 Å². The molecule has 1 amide bonds. The zero-order valence-corrected chi connectivity index (χ0v) is 9.00. The molecule has 0 heterocycles. The fourth-order valence-corrected chi connectivity index (χ4v) is 1.20. The van der Waals surface area contributed by atoms with Gasteiger partial charge in [-0.1, -0.05) is 24.3 Å². The van der Waals surface area contributed by atoms with Gasteiger partial charge in [-0.15, -0.1) is 0 Å². The first-order valence-corrected chi connectivity index (χ1v) is 4.83. The van der Waals surface area contributed by atoms with Crippen LogP contribution in [0.15, 0.2) is 54.8 Å². The number of amides is 1. The van der Waals surface area contributed by atoms with E-state index in [9.17, 15) is 4.79 Å². The molecule has 0 saturated carbocycles. The number of para-hydroxylation sites is 1. The molecule has 0 aliphatic rings. The minimum absolute atomic E-state index is 0.0761. The topological polar surface area (TPSA) is 44.1 Å². The van der Waals surface area contributed by atoms with Crippen molar-refractivity contribution in [3.8, 4) is 6.07 Å². The summed E-state index contributed by atoms with van der Waals surface area (Å²) in [4.78, 5) is 12.9. The van der Waals surface area contributed by atoms with Gasteiger partial charge in [0.2, 0.25) is 5.91 Å². The number of nitriles is 1. The number of hydrogen-bond acceptors (Lipinski definition) is 2. The minimum Gasteiger partial charge on any atom is -0.288 e. The van der Waals surface area contributed by atoms with Crippen LogP contribution in [0, 0.1) is 11.3 Å². The van der Waals surface area contributed by atoms with Crippen molar-refractivity contribution >= 4 is 11.6 Å². The molecule has 80 valence electrons. The SMILES string of the molecule is CC(=O)N(/C=C/C=C\C#N)c1ccccc1. The van der Waals surface area contributed by atoms with Gasteiger partial charge in [0.1, 0.15) is 0 Å². The smallest absolute Gasteiger partial charge is 0.227 e. The predicted molar refractivity (Wildman–Crippen MR) is 63.5 cm³/mol. The molecular formula is C13H12N2O. The van der Waals surface area contributed by atoms with Crippen LogP contribution in [0.25, 0.3) is 0 Å². The number of anilines is 1. The van der Waals surface area contributed by atoms with E-state index >= 15 is 0 Å². The van der Waals surface area contributed by atoms with E-state index in [4.69, 9.17) is 5.26 Å². The lowest BCUT2D eigenvalue weighted by Crippen LogP contribution is -2.21. The van der Waals surface area contributed by atoms with Crippen LogP contribution in [-0.4, -0.2) is 5.91 Å². The zero-order chi connectivity index (χ0) is 11.8. The van der Waals surface area contributed by atoms with Crippen LogP contribution in [-0.2, 0) is 4.79 Å². The van der Waals surface area contributed by atoms with Crippen molar-refractivity contribution in [1.82, 2.24) is 0 Å². The van der Waals surface area contributed by atoms with E-state index in [2.05, 4.69) is 0 Å². The number of nitrogens with zero attached hydrogens (tertiary/aromatic N) is 2. The second-order valence-corrected chi connectivity index (χ2v) is 3.05. The van der Waals surface area contributed by atoms with Crippen LogP contribution in [0.1, 0.15) is 6.92 Å². The first kappa shape index (κ1) is 11.7. The highest BCUT2D eigenvalue weighted by molar-refractivity contribution is 5.93. The molecule has 1 rings (SSSR count). The Morgan fingerprint density at radius 3 is 2.56 bits per heavy atom. The Bertz CT molecular complexity index is 441. The molecule has 0 unspecified atom stereocenters. The van der Waals surface area contributed by atoms with E-state index in [1.807, 2.05) is 36.4 Å². The lowest BCUT2D eigenvalue weighted by molar-refractivity contribution is -0.115. The third-order valence-corrected chi connectivity index (χ3v) is 1.89. The zero-order valence-electron chi connectivity index (χ0n) is 9.00. The number of rotatable bonds is 3. The van der Waals surface area contributed by atoms with E-state index in [0.717, 1.165) is 5.69 Å². The van der Waals surface area contributed by atoms with Gasteiger partial charge in [0, 0.05) is 24.9 Å². The molecule has 3 heteroatoms. The molecule has 1 aromatic rings. The molecular weight excluding hydrogens is 200 g/mol. The molecule has 0 saturated heterocycles. The average molecular weight is 212 g/mol. The van der Waals surface area contributed by atoms with Crippen molar-refractivity contribution in [2.45, 2.75) is 6.92 Å². The molecule has 0 aliphatic heterocycles. The largest absolute Gasteiger partial charge is 0.288 e. The molecule has 0 aromatic heterocycles. The third-order valence-electron chi connectivity index (χ3n) is 1.89. The Morgan fingerprint density at radius 2 is 2.00 bits per heavy atom. The average Bonchev–Trinajstić information content (AvgIpc) is 2.30. The first-order chi connectivity index (χ1) is 7.75. The predicted octanol–water partition coefficient (Wildman–Crippen LogP) is 2.63. The van der Waals surface area contributed by atoms with Gasteiger partial charge in [0.15, 0.2) is 0 Å². The van der Waals surface area contributed by atoms with Crippen molar-refractivity contribution < 1.29 is 4.79 Å². The monoisotopic (exact) mass is 212 g/mol. The molecule has 16 heavy (non-hydrogen) atoms. The molecule has 0 spiro atoms. The summed E-state index contributed by atoms with van der Waals surface area (Å²) in [6, 6.07) is 11.2. The highest BCUT2D eigenvalue weighted by Crippen LogP contribution is 2.13. The third kappa shape index (κ3) is 3.43. The van der Waals surface area contributed by atoms with E-state index < -0.39 is 0 Å². The van der Waals surface area contributed by atoms with Crippen molar-refractivity contribution in [2.75, 3.05) is 4.90 Å². The fraction of sp³-hybridized carbons (Fsp3) is 0.0769. The van der Waals surface area contributed by atoms with Crippen molar-refractivity contribution in [1.29, 1.82) is 5.26 Å². The summed E-state index contributed by atoms with van der Waals surface area (Å²) < 4.78 is 0. The Labute approximate surface area is 94.9 Å². The van der Waals surface area contributed by atoms with Crippen LogP contribution < -0.4 is 4.90 Å². The van der Waals surface area contributed by atoms with Gasteiger partial charge in [-0.2, -0.15) is 5.26 Å². The number of carbonyl (C=O) groups is 1. The van der Waals surface area contributed by atoms with Crippen LogP contribution in [0.4, 0.5) is 5.69 Å². The van der Waals surface area contributed by atoms with Gasteiger partial charge < -0.3 is 0 Å². The summed E-state index contributed by atoms with van der Waals surface area (Å²) >= 11 is 0. The Hall–Kier alpha value is -2.34. The number of carbonyl (C=O) groups excluding carboxylic acids is 1. The summed E-state index contributed by atoms with van der Waals surface area (Å²) in [7, 11) is 0. The summed E-state index contributed by atoms with van der Waals surface area (Å²) in [6.07, 6.45) is 6.21. The molecule has 0 radical (unpaired) electrons. The fourth-order valence-electron chi connectivity index (χ4n) is 1.20. The summed E-state index contributed by atoms with van der Waals surface area (Å²) in [5.74, 6) is -0.0761. The number of hydrogen-bond donors (Lipinski definition) is 0. The van der Waals surface area contributed by atoms with Crippen molar-refractivity contribution in [3.63, 3.8) is 0 Å². The molecule has 0 bridgehead atoms. The Kier molecular flexibility index (Phi) is 4.55. The maximum Gasteiger partial charge on any atom is 0.227 e. The van der Waals surface area contributed by atoms with Crippen molar-refractivity contribution in [2.24, 2.45) is 0 Å². The lowest BCUT2D eigenvalue weighted by Gasteiger charge is -2.15. The van der Waals surface area contributed by atoms with Gasteiger partial charge in [0.25, 0.3) is 0 Å². The van der Waals surface area contributed by atoms with Crippen LogP contribution in [0.2, 0.25) is 0 Å². The Morgan fingerprint density at radius 1 is 1.31 bits per heavy atom. The summed E-state index contributed by atoms with van der Waals surface area (Å²) in [5, 5.41) is 8.31. The Balaban J connectivity index is 2.86. The maximum absolute atomic E-state index is 11.4. The van der Waals surface area contributed by atoms with Gasteiger partial charge >= 0.3 is 0 Å². The summed E-state index contributed by atoms with van der Waals surface area (Å²) in [5.41, 5.74) is 0.802. The van der Waals surface area contributed by atoms with Gasteiger partial charge in [-0.05, 0) is 18.2 Å². The molecule has 3 nitrogen and oxygen atoms in total. The van der Waals surface area contributed by atoms with E-state index in [1.165, 1.54) is 17.9 Å². The van der Waals surface area contributed by atoms with Gasteiger partial charge in [0.05, 0.1) is 6.07 Å².